The first-order valence-corrected chi connectivity index (χ1v) is 6.72. The fourth-order valence-electron chi connectivity index (χ4n) is 1.46. The summed E-state index contributed by atoms with van der Waals surface area (Å²) in [4.78, 5) is 0. The molecule has 0 spiro atoms. The highest BCUT2D eigenvalue weighted by molar-refractivity contribution is 7.80. The first-order valence-electron chi connectivity index (χ1n) is 5.93. The summed E-state index contributed by atoms with van der Waals surface area (Å²) in [5.74, 6) is 0. The molecule has 0 bridgehead atoms. The number of benzene rings is 1. The van der Waals surface area contributed by atoms with Crippen molar-refractivity contribution in [1.82, 2.24) is 10.6 Å². The molecule has 94 valence electrons. The van der Waals surface area contributed by atoms with Crippen molar-refractivity contribution < 1.29 is 0 Å². The van der Waals surface area contributed by atoms with Crippen LogP contribution in [0.15, 0.2) is 24.3 Å². The molecule has 0 aliphatic rings. The van der Waals surface area contributed by atoms with Crippen molar-refractivity contribution in [1.29, 1.82) is 0 Å². The van der Waals surface area contributed by atoms with Gasteiger partial charge in [0, 0.05) is 11.6 Å². The quantitative estimate of drug-likeness (QED) is 0.631. The zero-order valence-corrected chi connectivity index (χ0v) is 11.9. The van der Waals surface area contributed by atoms with Gasteiger partial charge in [0.05, 0.1) is 6.04 Å². The first-order chi connectivity index (χ1) is 8.13. The van der Waals surface area contributed by atoms with E-state index in [1.54, 1.807) is 0 Å². The molecule has 0 fully saturated rings. The van der Waals surface area contributed by atoms with Gasteiger partial charge in [-0.15, -0.1) is 0 Å². The molecule has 0 aromatic heterocycles. The molecule has 2 nitrogen and oxygen atoms in total. The molecule has 1 atom stereocenters. The molecule has 1 rings (SSSR count). The zero-order chi connectivity index (χ0) is 12.7. The van der Waals surface area contributed by atoms with E-state index in [4.69, 9.17) is 23.8 Å². The third kappa shape index (κ3) is 5.37. The van der Waals surface area contributed by atoms with E-state index in [1.165, 1.54) is 12.0 Å². The van der Waals surface area contributed by atoms with Crippen LogP contribution in [-0.4, -0.2) is 11.7 Å². The maximum Gasteiger partial charge on any atom is 0.166 e. The number of rotatable bonds is 5. The maximum absolute atomic E-state index is 5.85. The summed E-state index contributed by atoms with van der Waals surface area (Å²) >= 11 is 11.1. The van der Waals surface area contributed by atoms with Crippen molar-refractivity contribution >= 4 is 28.9 Å². The molecular formula is C13H19ClN2S. The Morgan fingerprint density at radius 3 is 2.59 bits per heavy atom. The van der Waals surface area contributed by atoms with Gasteiger partial charge >= 0.3 is 0 Å². The highest BCUT2D eigenvalue weighted by Gasteiger charge is 2.06. The van der Waals surface area contributed by atoms with E-state index >= 15 is 0 Å². The molecule has 4 heteroatoms. The summed E-state index contributed by atoms with van der Waals surface area (Å²) in [5.41, 5.74) is 1.18. The van der Waals surface area contributed by atoms with E-state index in [1.807, 2.05) is 24.3 Å². The van der Waals surface area contributed by atoms with Crippen LogP contribution in [0.5, 0.6) is 0 Å². The van der Waals surface area contributed by atoms with E-state index in [0.29, 0.717) is 5.11 Å². The van der Waals surface area contributed by atoms with Crippen LogP contribution in [0.25, 0.3) is 0 Å². The summed E-state index contributed by atoms with van der Waals surface area (Å²) in [6.07, 6.45) is 2.31. The third-order valence-electron chi connectivity index (χ3n) is 2.53. The lowest BCUT2D eigenvalue weighted by atomic mass is 10.1. The highest BCUT2D eigenvalue weighted by atomic mass is 35.5. The van der Waals surface area contributed by atoms with Crippen molar-refractivity contribution in [3.05, 3.63) is 34.9 Å². The Labute approximate surface area is 114 Å². The van der Waals surface area contributed by atoms with Gasteiger partial charge in [0.1, 0.15) is 0 Å². The van der Waals surface area contributed by atoms with Crippen LogP contribution in [0.1, 0.15) is 38.3 Å². The summed E-state index contributed by atoms with van der Waals surface area (Å²) in [6.45, 7) is 5.17. The van der Waals surface area contributed by atoms with Crippen molar-refractivity contribution in [3.63, 3.8) is 0 Å². The number of thiocarbonyl (C=S) groups is 1. The third-order valence-corrected chi connectivity index (χ3v) is 3.05. The van der Waals surface area contributed by atoms with Crippen LogP contribution in [-0.2, 0) is 0 Å². The van der Waals surface area contributed by atoms with Gasteiger partial charge in [0.15, 0.2) is 5.11 Å². The molecule has 0 aliphatic carbocycles. The second kappa shape index (κ2) is 7.51. The SMILES string of the molecule is CCCCNC(=S)NC(C)c1ccc(Cl)cc1. The summed E-state index contributed by atoms with van der Waals surface area (Å²) < 4.78 is 0. The minimum atomic E-state index is 0.189. The molecule has 1 aromatic rings. The van der Waals surface area contributed by atoms with Crippen molar-refractivity contribution in [3.8, 4) is 0 Å². The van der Waals surface area contributed by atoms with Gasteiger partial charge < -0.3 is 10.6 Å². The molecule has 0 aliphatic heterocycles. The van der Waals surface area contributed by atoms with Gasteiger partial charge in [-0.25, -0.2) is 0 Å². The van der Waals surface area contributed by atoms with Crippen LogP contribution < -0.4 is 10.6 Å². The lowest BCUT2D eigenvalue weighted by Crippen LogP contribution is -2.37. The van der Waals surface area contributed by atoms with Gasteiger partial charge in [-0.3, -0.25) is 0 Å². The lowest BCUT2D eigenvalue weighted by molar-refractivity contribution is 0.683. The van der Waals surface area contributed by atoms with E-state index in [-0.39, 0.29) is 6.04 Å². The zero-order valence-electron chi connectivity index (χ0n) is 10.3. The predicted octanol–water partition coefficient (Wildman–Crippen LogP) is 3.67. The maximum atomic E-state index is 5.85. The molecule has 2 N–H and O–H groups in total. The molecular weight excluding hydrogens is 252 g/mol. The molecule has 0 saturated heterocycles. The summed E-state index contributed by atoms with van der Waals surface area (Å²) in [6, 6.07) is 7.99. The van der Waals surface area contributed by atoms with Gasteiger partial charge in [-0.2, -0.15) is 0 Å². The number of nitrogens with one attached hydrogen (secondary N) is 2. The van der Waals surface area contributed by atoms with Crippen LogP contribution >= 0.6 is 23.8 Å². The number of halogens is 1. The van der Waals surface area contributed by atoms with Gasteiger partial charge in [-0.05, 0) is 43.3 Å². The average Bonchev–Trinajstić information content (AvgIpc) is 2.30. The van der Waals surface area contributed by atoms with Gasteiger partial charge in [0.25, 0.3) is 0 Å². The van der Waals surface area contributed by atoms with Gasteiger partial charge in [-0.1, -0.05) is 37.1 Å². The normalized spacial score (nSPS) is 11.9. The standard InChI is InChI=1S/C13H19ClN2S/c1-3-4-9-15-13(17)16-10(2)11-5-7-12(14)8-6-11/h5-8,10H,3-4,9H2,1-2H3,(H2,15,16,17). The summed E-state index contributed by atoms with van der Waals surface area (Å²) in [5, 5.41) is 7.91. The molecule has 0 saturated carbocycles. The largest absolute Gasteiger partial charge is 0.363 e. The summed E-state index contributed by atoms with van der Waals surface area (Å²) in [7, 11) is 0. The Kier molecular flexibility index (Phi) is 6.30. The number of unbranched alkanes of at least 4 members (excludes halogenated alkanes) is 1. The molecule has 17 heavy (non-hydrogen) atoms. The minimum Gasteiger partial charge on any atom is -0.363 e. The second-order valence-corrected chi connectivity index (χ2v) is 4.87. The highest BCUT2D eigenvalue weighted by Crippen LogP contribution is 2.15. The van der Waals surface area contributed by atoms with Crippen LogP contribution in [0.4, 0.5) is 0 Å². The van der Waals surface area contributed by atoms with E-state index < -0.39 is 0 Å². The monoisotopic (exact) mass is 270 g/mol. The first kappa shape index (κ1) is 14.3. The fourth-order valence-corrected chi connectivity index (χ4v) is 1.87. The predicted molar refractivity (Wildman–Crippen MR) is 78.5 cm³/mol. The van der Waals surface area contributed by atoms with E-state index in [9.17, 15) is 0 Å². The van der Waals surface area contributed by atoms with E-state index in [0.717, 1.165) is 18.0 Å². The molecule has 0 heterocycles. The van der Waals surface area contributed by atoms with Crippen LogP contribution in [0.2, 0.25) is 5.02 Å². The van der Waals surface area contributed by atoms with Crippen LogP contribution in [0.3, 0.4) is 0 Å². The Bertz CT molecular complexity index is 351. The minimum absolute atomic E-state index is 0.189. The molecule has 1 aromatic carbocycles. The topological polar surface area (TPSA) is 24.1 Å². The van der Waals surface area contributed by atoms with Crippen molar-refractivity contribution in [2.45, 2.75) is 32.7 Å². The Hall–Kier alpha value is -0.800. The van der Waals surface area contributed by atoms with E-state index in [2.05, 4.69) is 24.5 Å². The lowest BCUT2D eigenvalue weighted by Gasteiger charge is -2.17. The number of hydrogen-bond donors (Lipinski definition) is 2. The molecule has 0 radical (unpaired) electrons. The van der Waals surface area contributed by atoms with Crippen molar-refractivity contribution in [2.75, 3.05) is 6.54 Å². The van der Waals surface area contributed by atoms with Gasteiger partial charge in [0.2, 0.25) is 0 Å². The Morgan fingerprint density at radius 2 is 2.00 bits per heavy atom. The molecule has 1 unspecified atom stereocenters. The second-order valence-electron chi connectivity index (χ2n) is 4.03. The Balaban J connectivity index is 2.40. The average molecular weight is 271 g/mol. The smallest absolute Gasteiger partial charge is 0.166 e. The van der Waals surface area contributed by atoms with Crippen molar-refractivity contribution in [2.24, 2.45) is 0 Å². The fraction of sp³-hybridized carbons (Fsp3) is 0.462. The Morgan fingerprint density at radius 1 is 1.35 bits per heavy atom. The molecule has 0 amide bonds. The van der Waals surface area contributed by atoms with Crippen LogP contribution in [0, 0.1) is 0 Å². The number of hydrogen-bond acceptors (Lipinski definition) is 1.